The molecule has 3 nitrogen and oxygen atoms in total. The van der Waals surface area contributed by atoms with Crippen molar-refractivity contribution < 1.29 is 9.53 Å². The molecule has 1 rings (SSSR count). The van der Waals surface area contributed by atoms with Gasteiger partial charge in [0.15, 0.2) is 0 Å². The van der Waals surface area contributed by atoms with Crippen LogP contribution in [0.3, 0.4) is 0 Å². The number of esters is 1. The van der Waals surface area contributed by atoms with Crippen molar-refractivity contribution >= 4 is 29.2 Å². The summed E-state index contributed by atoms with van der Waals surface area (Å²) in [7, 11) is 3.33. The van der Waals surface area contributed by atoms with Crippen LogP contribution >= 0.6 is 23.2 Å². The van der Waals surface area contributed by atoms with E-state index in [-0.39, 0.29) is 11.9 Å². The quantitative estimate of drug-likeness (QED) is 0.780. The van der Waals surface area contributed by atoms with Gasteiger partial charge in [-0.2, -0.15) is 0 Å². The molecule has 0 aliphatic heterocycles. The molecule has 1 aromatic rings. The summed E-state index contributed by atoms with van der Waals surface area (Å²) in [4.78, 5) is 13.3. The van der Waals surface area contributed by atoms with Crippen LogP contribution in [0.1, 0.15) is 12.5 Å². The van der Waals surface area contributed by atoms with E-state index in [4.69, 9.17) is 27.9 Å². The molecule has 0 aliphatic rings. The SMILES string of the molecule is COC(=O)C(C)CN(C)Cc1ccc(Cl)cc1Cl. The minimum absolute atomic E-state index is 0.161. The van der Waals surface area contributed by atoms with Crippen molar-refractivity contribution in [3.63, 3.8) is 0 Å². The van der Waals surface area contributed by atoms with Gasteiger partial charge < -0.3 is 9.64 Å². The minimum Gasteiger partial charge on any atom is -0.469 e. The van der Waals surface area contributed by atoms with Crippen LogP contribution in [-0.2, 0) is 16.1 Å². The molecule has 0 heterocycles. The van der Waals surface area contributed by atoms with E-state index >= 15 is 0 Å². The number of carbonyl (C=O) groups is 1. The van der Waals surface area contributed by atoms with E-state index < -0.39 is 0 Å². The summed E-state index contributed by atoms with van der Waals surface area (Å²) in [5, 5.41) is 1.26. The van der Waals surface area contributed by atoms with Crippen molar-refractivity contribution in [3.05, 3.63) is 33.8 Å². The van der Waals surface area contributed by atoms with Crippen molar-refractivity contribution in [1.82, 2.24) is 4.90 Å². The highest BCUT2D eigenvalue weighted by atomic mass is 35.5. The third-order valence-electron chi connectivity index (χ3n) is 2.64. The van der Waals surface area contributed by atoms with Crippen LogP contribution in [0.4, 0.5) is 0 Å². The van der Waals surface area contributed by atoms with E-state index in [1.54, 1.807) is 12.1 Å². The first-order chi connectivity index (χ1) is 8.43. The molecule has 0 fully saturated rings. The Kier molecular flexibility index (Phi) is 5.93. The molecular weight excluding hydrogens is 273 g/mol. The summed E-state index contributed by atoms with van der Waals surface area (Å²) in [6, 6.07) is 5.42. The molecule has 0 saturated heterocycles. The summed E-state index contributed by atoms with van der Waals surface area (Å²) >= 11 is 11.9. The number of carbonyl (C=O) groups excluding carboxylic acids is 1. The highest BCUT2D eigenvalue weighted by molar-refractivity contribution is 6.35. The summed E-state index contributed by atoms with van der Waals surface area (Å²) in [5.41, 5.74) is 0.987. The molecule has 0 radical (unpaired) electrons. The monoisotopic (exact) mass is 289 g/mol. The molecule has 0 amide bonds. The predicted octanol–water partition coefficient (Wildman–Crippen LogP) is 3.23. The van der Waals surface area contributed by atoms with E-state index in [1.165, 1.54) is 7.11 Å². The topological polar surface area (TPSA) is 29.5 Å². The molecule has 0 bridgehead atoms. The summed E-state index contributed by atoms with van der Waals surface area (Å²) < 4.78 is 4.69. The van der Waals surface area contributed by atoms with Gasteiger partial charge in [0.1, 0.15) is 0 Å². The first-order valence-corrected chi connectivity index (χ1v) is 6.40. The van der Waals surface area contributed by atoms with Crippen LogP contribution in [0.25, 0.3) is 0 Å². The first-order valence-electron chi connectivity index (χ1n) is 5.64. The normalized spacial score (nSPS) is 12.6. The molecule has 18 heavy (non-hydrogen) atoms. The standard InChI is InChI=1S/C13H17Cl2NO2/c1-9(13(17)18-3)7-16(2)8-10-4-5-11(14)6-12(10)15/h4-6,9H,7-8H2,1-3H3. The number of halogens is 2. The smallest absolute Gasteiger partial charge is 0.309 e. The fourth-order valence-corrected chi connectivity index (χ4v) is 2.22. The Morgan fingerprint density at radius 1 is 1.44 bits per heavy atom. The average Bonchev–Trinajstić information content (AvgIpc) is 2.31. The molecule has 1 atom stereocenters. The molecule has 0 N–H and O–H groups in total. The van der Waals surface area contributed by atoms with Gasteiger partial charge in [-0.15, -0.1) is 0 Å². The van der Waals surface area contributed by atoms with E-state index in [2.05, 4.69) is 0 Å². The van der Waals surface area contributed by atoms with Gasteiger partial charge in [-0.3, -0.25) is 4.79 Å². The van der Waals surface area contributed by atoms with Crippen LogP contribution in [0.2, 0.25) is 10.0 Å². The Morgan fingerprint density at radius 2 is 2.11 bits per heavy atom. The van der Waals surface area contributed by atoms with Gasteiger partial charge in [-0.05, 0) is 24.7 Å². The van der Waals surface area contributed by atoms with E-state index in [9.17, 15) is 4.79 Å². The lowest BCUT2D eigenvalue weighted by molar-refractivity contribution is -0.145. The number of hydrogen-bond acceptors (Lipinski definition) is 3. The molecule has 1 unspecified atom stereocenters. The molecular formula is C13H17Cl2NO2. The molecule has 0 spiro atoms. The minimum atomic E-state index is -0.205. The maximum absolute atomic E-state index is 11.3. The molecule has 5 heteroatoms. The summed E-state index contributed by atoms with van der Waals surface area (Å²) in [5.74, 6) is -0.366. The van der Waals surface area contributed by atoms with Gasteiger partial charge in [-0.1, -0.05) is 36.2 Å². The highest BCUT2D eigenvalue weighted by Gasteiger charge is 2.16. The maximum atomic E-state index is 11.3. The van der Waals surface area contributed by atoms with Gasteiger partial charge in [-0.25, -0.2) is 0 Å². The molecule has 1 aromatic carbocycles. The van der Waals surface area contributed by atoms with Crippen molar-refractivity contribution in [3.8, 4) is 0 Å². The zero-order chi connectivity index (χ0) is 13.7. The van der Waals surface area contributed by atoms with Crippen molar-refractivity contribution in [2.75, 3.05) is 20.7 Å². The second-order valence-corrected chi connectivity index (χ2v) is 5.20. The van der Waals surface area contributed by atoms with Gasteiger partial charge in [0, 0.05) is 23.1 Å². The number of methoxy groups -OCH3 is 1. The second kappa shape index (κ2) is 6.98. The zero-order valence-electron chi connectivity index (χ0n) is 10.7. The lowest BCUT2D eigenvalue weighted by atomic mass is 10.1. The second-order valence-electron chi connectivity index (χ2n) is 4.36. The Morgan fingerprint density at radius 3 is 2.67 bits per heavy atom. The molecule has 100 valence electrons. The molecule has 0 aromatic heterocycles. The number of ether oxygens (including phenoxy) is 1. The predicted molar refractivity (Wildman–Crippen MR) is 74.0 cm³/mol. The van der Waals surface area contributed by atoms with Gasteiger partial charge in [0.05, 0.1) is 13.0 Å². The summed E-state index contributed by atoms with van der Waals surface area (Å²) in [6.07, 6.45) is 0. The van der Waals surface area contributed by atoms with E-state index in [0.29, 0.717) is 23.1 Å². The Bertz CT molecular complexity index is 423. The van der Waals surface area contributed by atoms with Gasteiger partial charge in [0.25, 0.3) is 0 Å². The highest BCUT2D eigenvalue weighted by Crippen LogP contribution is 2.22. The average molecular weight is 290 g/mol. The Hall–Kier alpha value is -0.770. The Labute approximate surface area is 118 Å². The Balaban J connectivity index is 2.59. The van der Waals surface area contributed by atoms with E-state index in [0.717, 1.165) is 5.56 Å². The lowest BCUT2D eigenvalue weighted by Crippen LogP contribution is -2.29. The fourth-order valence-electron chi connectivity index (χ4n) is 1.75. The third kappa shape index (κ3) is 4.48. The van der Waals surface area contributed by atoms with Crippen LogP contribution in [0, 0.1) is 5.92 Å². The van der Waals surface area contributed by atoms with Crippen LogP contribution in [0.5, 0.6) is 0 Å². The number of hydrogen-bond donors (Lipinski definition) is 0. The number of benzene rings is 1. The first kappa shape index (κ1) is 15.3. The molecule has 0 saturated carbocycles. The summed E-state index contributed by atoms with van der Waals surface area (Å²) in [6.45, 7) is 3.12. The lowest BCUT2D eigenvalue weighted by Gasteiger charge is -2.20. The van der Waals surface area contributed by atoms with Crippen LogP contribution < -0.4 is 0 Å². The van der Waals surface area contributed by atoms with Crippen molar-refractivity contribution in [2.45, 2.75) is 13.5 Å². The largest absolute Gasteiger partial charge is 0.469 e. The van der Waals surface area contributed by atoms with Gasteiger partial charge >= 0.3 is 5.97 Å². The number of nitrogens with zero attached hydrogens (tertiary/aromatic N) is 1. The van der Waals surface area contributed by atoms with Crippen molar-refractivity contribution in [2.24, 2.45) is 5.92 Å². The van der Waals surface area contributed by atoms with Crippen LogP contribution in [-0.4, -0.2) is 31.6 Å². The fraction of sp³-hybridized carbons (Fsp3) is 0.462. The van der Waals surface area contributed by atoms with Gasteiger partial charge in [0.2, 0.25) is 0 Å². The maximum Gasteiger partial charge on any atom is 0.309 e. The third-order valence-corrected chi connectivity index (χ3v) is 3.23. The number of rotatable bonds is 5. The van der Waals surface area contributed by atoms with E-state index in [1.807, 2.05) is 24.9 Å². The molecule has 0 aliphatic carbocycles. The van der Waals surface area contributed by atoms with Crippen molar-refractivity contribution in [1.29, 1.82) is 0 Å². The zero-order valence-corrected chi connectivity index (χ0v) is 12.3. The van der Waals surface area contributed by atoms with Crippen LogP contribution in [0.15, 0.2) is 18.2 Å².